The van der Waals surface area contributed by atoms with E-state index in [9.17, 15) is 9.90 Å². The molecule has 0 bridgehead atoms. The minimum Gasteiger partial charge on any atom is -0.390 e. The van der Waals surface area contributed by atoms with Crippen molar-refractivity contribution in [1.29, 1.82) is 0 Å². The topological polar surface area (TPSA) is 37.3 Å². The van der Waals surface area contributed by atoms with Gasteiger partial charge in [0.2, 0.25) is 0 Å². The molecule has 0 aromatic heterocycles. The molecule has 0 aliphatic heterocycles. The van der Waals surface area contributed by atoms with Crippen LogP contribution in [0.5, 0.6) is 0 Å². The van der Waals surface area contributed by atoms with Crippen molar-refractivity contribution in [2.45, 2.75) is 31.8 Å². The minimum absolute atomic E-state index is 0.111. The molecular weight excluding hydrogens is 116 g/mol. The van der Waals surface area contributed by atoms with Crippen LogP contribution < -0.4 is 0 Å². The van der Waals surface area contributed by atoms with Crippen LogP contribution in [-0.2, 0) is 4.79 Å². The molecule has 0 amide bonds. The standard InChI is InChI=1S/C7H12O2/c1-7(9)3-2-6(4-7)5-8/h5-6,9H,2-4H2,1H3/t6-,7?/m1/s1. The maximum atomic E-state index is 10.2. The first kappa shape index (κ1) is 6.75. The van der Waals surface area contributed by atoms with Crippen LogP contribution >= 0.6 is 0 Å². The lowest BCUT2D eigenvalue weighted by Gasteiger charge is -2.13. The van der Waals surface area contributed by atoms with Gasteiger partial charge in [-0.3, -0.25) is 0 Å². The van der Waals surface area contributed by atoms with Crippen molar-refractivity contribution in [3.05, 3.63) is 0 Å². The molecule has 0 saturated heterocycles. The first-order valence-electron chi connectivity index (χ1n) is 3.32. The molecule has 0 radical (unpaired) electrons. The van der Waals surface area contributed by atoms with Crippen molar-refractivity contribution in [3.8, 4) is 0 Å². The van der Waals surface area contributed by atoms with Crippen LogP contribution in [0.3, 0.4) is 0 Å². The van der Waals surface area contributed by atoms with Gasteiger partial charge in [0.1, 0.15) is 6.29 Å². The Morgan fingerprint density at radius 1 is 1.78 bits per heavy atom. The number of hydrogen-bond donors (Lipinski definition) is 1. The van der Waals surface area contributed by atoms with Gasteiger partial charge in [0.05, 0.1) is 5.60 Å². The molecule has 2 heteroatoms. The molecule has 1 fully saturated rings. The molecule has 1 saturated carbocycles. The van der Waals surface area contributed by atoms with Crippen LogP contribution in [0.1, 0.15) is 26.2 Å². The number of carbonyl (C=O) groups excluding carboxylic acids is 1. The largest absolute Gasteiger partial charge is 0.390 e. The molecule has 2 atom stereocenters. The van der Waals surface area contributed by atoms with E-state index in [-0.39, 0.29) is 5.92 Å². The molecule has 0 spiro atoms. The summed E-state index contributed by atoms with van der Waals surface area (Å²) in [6.07, 6.45) is 3.23. The fourth-order valence-electron chi connectivity index (χ4n) is 1.38. The highest BCUT2D eigenvalue weighted by atomic mass is 16.3. The predicted octanol–water partition coefficient (Wildman–Crippen LogP) is 0.736. The Morgan fingerprint density at radius 3 is 2.67 bits per heavy atom. The van der Waals surface area contributed by atoms with Gasteiger partial charge in [-0.25, -0.2) is 0 Å². The Morgan fingerprint density at radius 2 is 2.44 bits per heavy atom. The Labute approximate surface area is 54.9 Å². The Bertz CT molecular complexity index is 118. The van der Waals surface area contributed by atoms with Crippen molar-refractivity contribution >= 4 is 6.29 Å². The monoisotopic (exact) mass is 128 g/mol. The van der Waals surface area contributed by atoms with E-state index in [2.05, 4.69) is 0 Å². The SMILES string of the molecule is CC1(O)CC[C@@H](C=O)C1. The Kier molecular flexibility index (Phi) is 1.58. The van der Waals surface area contributed by atoms with Crippen molar-refractivity contribution in [2.75, 3.05) is 0 Å². The second kappa shape index (κ2) is 2.10. The molecule has 0 aromatic carbocycles. The molecule has 1 rings (SSSR count). The van der Waals surface area contributed by atoms with Gasteiger partial charge in [0, 0.05) is 5.92 Å². The van der Waals surface area contributed by atoms with Gasteiger partial charge in [-0.1, -0.05) is 0 Å². The number of aliphatic hydroxyl groups is 1. The third kappa shape index (κ3) is 1.52. The molecule has 1 aliphatic rings. The number of rotatable bonds is 1. The fourth-order valence-corrected chi connectivity index (χ4v) is 1.38. The zero-order valence-corrected chi connectivity index (χ0v) is 5.63. The predicted molar refractivity (Wildman–Crippen MR) is 34.0 cm³/mol. The number of carbonyl (C=O) groups is 1. The van der Waals surface area contributed by atoms with Crippen LogP contribution in [0.2, 0.25) is 0 Å². The highest BCUT2D eigenvalue weighted by Gasteiger charge is 2.32. The molecule has 9 heavy (non-hydrogen) atoms. The second-order valence-corrected chi connectivity index (χ2v) is 3.14. The summed E-state index contributed by atoms with van der Waals surface area (Å²) in [7, 11) is 0. The van der Waals surface area contributed by atoms with Crippen LogP contribution in [0, 0.1) is 5.92 Å². The molecule has 1 N–H and O–H groups in total. The van der Waals surface area contributed by atoms with E-state index < -0.39 is 5.60 Å². The van der Waals surface area contributed by atoms with E-state index in [1.807, 2.05) is 0 Å². The van der Waals surface area contributed by atoms with Crippen molar-refractivity contribution < 1.29 is 9.90 Å². The first-order chi connectivity index (χ1) is 4.14. The molecule has 2 nitrogen and oxygen atoms in total. The third-order valence-corrected chi connectivity index (χ3v) is 1.95. The molecule has 0 aromatic rings. The fraction of sp³-hybridized carbons (Fsp3) is 0.857. The van der Waals surface area contributed by atoms with Gasteiger partial charge in [-0.05, 0) is 26.2 Å². The molecule has 1 aliphatic carbocycles. The van der Waals surface area contributed by atoms with Crippen molar-refractivity contribution in [2.24, 2.45) is 5.92 Å². The molecule has 0 heterocycles. The number of aldehydes is 1. The highest BCUT2D eigenvalue weighted by molar-refractivity contribution is 5.54. The van der Waals surface area contributed by atoms with Gasteiger partial charge in [0.15, 0.2) is 0 Å². The van der Waals surface area contributed by atoms with Gasteiger partial charge >= 0.3 is 0 Å². The van der Waals surface area contributed by atoms with Crippen LogP contribution in [0.4, 0.5) is 0 Å². The van der Waals surface area contributed by atoms with E-state index in [0.29, 0.717) is 6.42 Å². The van der Waals surface area contributed by atoms with Gasteiger partial charge < -0.3 is 9.90 Å². The van der Waals surface area contributed by atoms with E-state index in [1.54, 1.807) is 6.92 Å². The number of hydrogen-bond acceptors (Lipinski definition) is 2. The van der Waals surface area contributed by atoms with Gasteiger partial charge in [-0.15, -0.1) is 0 Å². The van der Waals surface area contributed by atoms with Gasteiger partial charge in [-0.2, -0.15) is 0 Å². The zero-order valence-electron chi connectivity index (χ0n) is 5.63. The summed E-state index contributed by atoms with van der Waals surface area (Å²) >= 11 is 0. The lowest BCUT2D eigenvalue weighted by atomic mass is 10.0. The summed E-state index contributed by atoms with van der Waals surface area (Å²) in [5.41, 5.74) is -0.564. The van der Waals surface area contributed by atoms with E-state index in [4.69, 9.17) is 0 Å². The lowest BCUT2D eigenvalue weighted by Crippen LogP contribution is -2.18. The average molecular weight is 128 g/mol. The molecule has 52 valence electrons. The summed E-state index contributed by atoms with van der Waals surface area (Å²) in [6.45, 7) is 1.79. The van der Waals surface area contributed by atoms with Crippen molar-refractivity contribution in [1.82, 2.24) is 0 Å². The second-order valence-electron chi connectivity index (χ2n) is 3.14. The summed E-state index contributed by atoms with van der Waals surface area (Å²) in [4.78, 5) is 10.2. The maximum absolute atomic E-state index is 10.2. The van der Waals surface area contributed by atoms with E-state index in [0.717, 1.165) is 19.1 Å². The molecular formula is C7H12O2. The van der Waals surface area contributed by atoms with E-state index in [1.165, 1.54) is 0 Å². The zero-order chi connectivity index (χ0) is 6.91. The smallest absolute Gasteiger partial charge is 0.123 e. The average Bonchev–Trinajstić information content (AvgIpc) is 2.10. The minimum atomic E-state index is -0.564. The summed E-state index contributed by atoms with van der Waals surface area (Å²) in [6, 6.07) is 0. The van der Waals surface area contributed by atoms with Gasteiger partial charge in [0.25, 0.3) is 0 Å². The highest BCUT2D eigenvalue weighted by Crippen LogP contribution is 2.32. The van der Waals surface area contributed by atoms with Crippen LogP contribution in [-0.4, -0.2) is 17.0 Å². The Balaban J connectivity index is 2.47. The Hall–Kier alpha value is -0.370. The third-order valence-electron chi connectivity index (χ3n) is 1.95. The lowest BCUT2D eigenvalue weighted by molar-refractivity contribution is -0.111. The van der Waals surface area contributed by atoms with Crippen LogP contribution in [0.25, 0.3) is 0 Å². The van der Waals surface area contributed by atoms with Crippen molar-refractivity contribution in [3.63, 3.8) is 0 Å². The first-order valence-corrected chi connectivity index (χ1v) is 3.32. The quantitative estimate of drug-likeness (QED) is 0.529. The molecule has 1 unspecified atom stereocenters. The normalized spacial score (nSPS) is 43.1. The maximum Gasteiger partial charge on any atom is 0.123 e. The van der Waals surface area contributed by atoms with Crippen LogP contribution in [0.15, 0.2) is 0 Å². The van der Waals surface area contributed by atoms with E-state index >= 15 is 0 Å². The summed E-state index contributed by atoms with van der Waals surface area (Å²) in [5.74, 6) is 0.111. The summed E-state index contributed by atoms with van der Waals surface area (Å²) in [5, 5.41) is 9.34. The summed E-state index contributed by atoms with van der Waals surface area (Å²) < 4.78 is 0.